The molecule has 1 fully saturated rings. The maximum absolute atomic E-state index is 13.3. The van der Waals surface area contributed by atoms with Gasteiger partial charge in [-0.15, -0.1) is 0 Å². The lowest BCUT2D eigenvalue weighted by Crippen LogP contribution is -2.63. The fourth-order valence-corrected chi connectivity index (χ4v) is 3.89. The zero-order valence-electron chi connectivity index (χ0n) is 20.9. The average molecular weight is 443 g/mol. The number of hydrogen-bond donors (Lipinski definition) is 1. The summed E-state index contributed by atoms with van der Waals surface area (Å²) in [5, 5.41) is 0. The zero-order valence-corrected chi connectivity index (χ0v) is 20.9. The summed E-state index contributed by atoms with van der Waals surface area (Å²) in [4.78, 5) is 27.9. The maximum atomic E-state index is 13.3. The fourth-order valence-electron chi connectivity index (χ4n) is 3.89. The van der Waals surface area contributed by atoms with Gasteiger partial charge in [0, 0.05) is 20.1 Å². The van der Waals surface area contributed by atoms with Crippen LogP contribution in [-0.4, -0.2) is 72.7 Å². The quantitative estimate of drug-likeness (QED) is 0.477. The van der Waals surface area contributed by atoms with Gasteiger partial charge in [-0.1, -0.05) is 12.2 Å². The molecule has 0 spiro atoms. The van der Waals surface area contributed by atoms with E-state index in [4.69, 9.17) is 24.7 Å². The Morgan fingerprint density at radius 2 is 1.61 bits per heavy atom. The number of hydrogen-bond acceptors (Lipinski definition) is 7. The van der Waals surface area contributed by atoms with E-state index in [-0.39, 0.29) is 12.5 Å². The summed E-state index contributed by atoms with van der Waals surface area (Å²) in [6, 6.07) is -2.03. The van der Waals surface area contributed by atoms with Crippen molar-refractivity contribution in [1.82, 2.24) is 4.90 Å². The minimum absolute atomic E-state index is 0.184. The lowest BCUT2D eigenvalue weighted by atomic mass is 9.84. The molecule has 31 heavy (non-hydrogen) atoms. The van der Waals surface area contributed by atoms with E-state index >= 15 is 0 Å². The van der Waals surface area contributed by atoms with Crippen LogP contribution in [0.4, 0.5) is 4.79 Å². The molecule has 1 aliphatic heterocycles. The standard InChI is InChI=1S/C23H42N2O6/c1-11-12-15-13-16(19(26)30-21(2,3)4)25(20(27)31-22(5,6)7)17(15)18(24)23(8,29-10)14-28-9/h11-12,15-18H,13-14,24H2,1-10H3/b12-11-/t15-,16-,17-,18-,23+/m1/s1. The highest BCUT2D eigenvalue weighted by Gasteiger charge is 2.54. The lowest BCUT2D eigenvalue weighted by molar-refractivity contribution is -0.161. The van der Waals surface area contributed by atoms with Crippen molar-refractivity contribution >= 4 is 12.1 Å². The minimum Gasteiger partial charge on any atom is -0.458 e. The third-order valence-electron chi connectivity index (χ3n) is 5.28. The molecule has 8 heteroatoms. The Morgan fingerprint density at radius 1 is 1.06 bits per heavy atom. The predicted octanol–water partition coefficient (Wildman–Crippen LogP) is 3.28. The van der Waals surface area contributed by atoms with Crippen molar-refractivity contribution in [2.75, 3.05) is 20.8 Å². The largest absolute Gasteiger partial charge is 0.458 e. The molecular weight excluding hydrogens is 400 g/mol. The second kappa shape index (κ2) is 10.3. The van der Waals surface area contributed by atoms with Gasteiger partial charge in [0.05, 0.1) is 18.7 Å². The van der Waals surface area contributed by atoms with Crippen LogP contribution in [0, 0.1) is 5.92 Å². The lowest BCUT2D eigenvalue weighted by Gasteiger charge is -2.42. The van der Waals surface area contributed by atoms with Gasteiger partial charge in [0.15, 0.2) is 0 Å². The Hall–Kier alpha value is -1.64. The second-order valence-corrected chi connectivity index (χ2v) is 10.3. The number of allylic oxidation sites excluding steroid dienone is 1. The van der Waals surface area contributed by atoms with Gasteiger partial charge in [-0.25, -0.2) is 9.59 Å². The van der Waals surface area contributed by atoms with Crippen molar-refractivity contribution < 1.29 is 28.5 Å². The van der Waals surface area contributed by atoms with Crippen molar-refractivity contribution in [3.05, 3.63) is 12.2 Å². The molecule has 1 heterocycles. The first-order valence-corrected chi connectivity index (χ1v) is 10.8. The number of ether oxygens (including phenoxy) is 4. The Labute approximate surface area is 187 Å². The molecule has 0 saturated carbocycles. The van der Waals surface area contributed by atoms with Crippen LogP contribution >= 0.6 is 0 Å². The normalized spacial score (nSPS) is 25.4. The second-order valence-electron chi connectivity index (χ2n) is 10.3. The van der Waals surface area contributed by atoms with E-state index in [0.29, 0.717) is 6.42 Å². The first-order chi connectivity index (χ1) is 14.1. The molecule has 2 N–H and O–H groups in total. The van der Waals surface area contributed by atoms with Crippen LogP contribution in [0.5, 0.6) is 0 Å². The van der Waals surface area contributed by atoms with Gasteiger partial charge in [0.2, 0.25) is 0 Å². The summed E-state index contributed by atoms with van der Waals surface area (Å²) < 4.78 is 22.4. The summed E-state index contributed by atoms with van der Waals surface area (Å²) in [5.41, 5.74) is 4.40. The number of carbonyl (C=O) groups excluding carboxylic acids is 2. The van der Waals surface area contributed by atoms with Crippen LogP contribution in [0.1, 0.15) is 61.8 Å². The van der Waals surface area contributed by atoms with Crippen molar-refractivity contribution in [2.45, 2.75) is 96.7 Å². The summed E-state index contributed by atoms with van der Waals surface area (Å²) >= 11 is 0. The van der Waals surface area contributed by atoms with Crippen molar-refractivity contribution in [3.63, 3.8) is 0 Å². The van der Waals surface area contributed by atoms with Crippen molar-refractivity contribution in [3.8, 4) is 0 Å². The highest BCUT2D eigenvalue weighted by molar-refractivity contribution is 5.83. The van der Waals surface area contributed by atoms with Gasteiger partial charge < -0.3 is 24.7 Å². The average Bonchev–Trinajstić information content (AvgIpc) is 2.98. The summed E-state index contributed by atoms with van der Waals surface area (Å²) in [6.07, 6.45) is 3.64. The summed E-state index contributed by atoms with van der Waals surface area (Å²) in [7, 11) is 3.12. The highest BCUT2D eigenvalue weighted by Crippen LogP contribution is 2.38. The van der Waals surface area contributed by atoms with Crippen LogP contribution in [0.15, 0.2) is 12.2 Å². The Balaban J connectivity index is 3.50. The van der Waals surface area contributed by atoms with Gasteiger partial charge in [-0.2, -0.15) is 0 Å². The number of nitrogens with zero attached hydrogens (tertiary/aromatic N) is 1. The van der Waals surface area contributed by atoms with E-state index in [1.807, 2.05) is 26.0 Å². The number of nitrogens with two attached hydrogens (primary N) is 1. The first kappa shape index (κ1) is 27.4. The van der Waals surface area contributed by atoms with Crippen LogP contribution in [0.3, 0.4) is 0 Å². The van der Waals surface area contributed by atoms with Gasteiger partial charge in [0.1, 0.15) is 22.8 Å². The minimum atomic E-state index is -0.887. The Bertz CT molecular complexity index is 651. The number of amides is 1. The SMILES string of the molecule is C/C=C\[C@@H]1C[C@H](C(=O)OC(C)(C)C)N(C(=O)OC(C)(C)C)[C@H]1[C@@H](N)[C@](C)(COC)OC. The fraction of sp³-hybridized carbons (Fsp3) is 0.826. The van der Waals surface area contributed by atoms with E-state index in [0.717, 1.165) is 0 Å². The van der Waals surface area contributed by atoms with Crippen LogP contribution < -0.4 is 5.73 Å². The molecule has 180 valence electrons. The van der Waals surface area contributed by atoms with Gasteiger partial charge >= 0.3 is 12.1 Å². The molecule has 1 aliphatic rings. The number of rotatable bonds is 7. The predicted molar refractivity (Wildman–Crippen MR) is 120 cm³/mol. The Kier molecular flexibility index (Phi) is 9.12. The number of methoxy groups -OCH3 is 2. The van der Waals surface area contributed by atoms with Crippen molar-refractivity contribution in [1.29, 1.82) is 0 Å². The number of carbonyl (C=O) groups is 2. The van der Waals surface area contributed by atoms with Crippen LogP contribution in [0.25, 0.3) is 0 Å². The number of esters is 1. The summed E-state index contributed by atoms with van der Waals surface area (Å²) in [5.74, 6) is -0.662. The smallest absolute Gasteiger partial charge is 0.411 e. The molecule has 0 aliphatic carbocycles. The zero-order chi connectivity index (χ0) is 24.2. The molecule has 5 atom stereocenters. The molecule has 1 rings (SSSR count). The monoisotopic (exact) mass is 442 g/mol. The molecule has 1 saturated heterocycles. The van der Waals surface area contributed by atoms with Gasteiger partial charge in [0.25, 0.3) is 0 Å². The van der Waals surface area contributed by atoms with E-state index in [9.17, 15) is 9.59 Å². The molecular formula is C23H42N2O6. The van der Waals surface area contributed by atoms with Crippen LogP contribution in [-0.2, 0) is 23.7 Å². The number of likely N-dealkylation sites (tertiary alicyclic amines) is 1. The van der Waals surface area contributed by atoms with Crippen LogP contribution in [0.2, 0.25) is 0 Å². The molecule has 8 nitrogen and oxygen atoms in total. The van der Waals surface area contributed by atoms with Gasteiger partial charge in [-0.3, -0.25) is 4.90 Å². The first-order valence-electron chi connectivity index (χ1n) is 10.8. The van der Waals surface area contributed by atoms with Gasteiger partial charge in [-0.05, 0) is 61.8 Å². The molecule has 0 aromatic carbocycles. The third kappa shape index (κ3) is 7.19. The molecule has 0 aromatic heterocycles. The molecule has 0 radical (unpaired) electrons. The van der Waals surface area contributed by atoms with E-state index in [2.05, 4.69) is 0 Å². The molecule has 0 aromatic rings. The van der Waals surface area contributed by atoms with E-state index < -0.39 is 47.0 Å². The van der Waals surface area contributed by atoms with Crippen molar-refractivity contribution in [2.24, 2.45) is 11.7 Å². The molecule has 0 unspecified atom stereocenters. The van der Waals surface area contributed by atoms with E-state index in [1.54, 1.807) is 55.8 Å². The topological polar surface area (TPSA) is 100 Å². The molecule has 1 amide bonds. The Morgan fingerprint density at radius 3 is 2.03 bits per heavy atom. The highest BCUT2D eigenvalue weighted by atomic mass is 16.6. The molecule has 0 bridgehead atoms. The third-order valence-corrected chi connectivity index (χ3v) is 5.28. The van der Waals surface area contributed by atoms with E-state index in [1.165, 1.54) is 4.90 Å². The summed E-state index contributed by atoms with van der Waals surface area (Å²) in [6.45, 7) is 14.7. The maximum Gasteiger partial charge on any atom is 0.411 e.